The molecule has 0 spiro atoms. The van der Waals surface area contributed by atoms with Crippen molar-refractivity contribution in [2.75, 3.05) is 11.5 Å². The summed E-state index contributed by atoms with van der Waals surface area (Å²) >= 11 is 0. The minimum atomic E-state index is -0.568. The summed E-state index contributed by atoms with van der Waals surface area (Å²) in [6, 6.07) is 7.70. The second-order valence-corrected chi connectivity index (χ2v) is 5.11. The summed E-state index contributed by atoms with van der Waals surface area (Å²) in [6.45, 7) is 6.65. The third kappa shape index (κ3) is 3.78. The number of anilines is 1. The van der Waals surface area contributed by atoms with Gasteiger partial charge in [-0.3, -0.25) is 4.90 Å². The molecular weight excluding hydrogens is 290 g/mol. The lowest BCUT2D eigenvalue weighted by Crippen LogP contribution is -2.54. The van der Waals surface area contributed by atoms with Crippen LogP contribution < -0.4 is 21.1 Å². The predicted octanol–water partition coefficient (Wildman–Crippen LogP) is 2.08. The normalized spacial score (nSPS) is 16.6. The van der Waals surface area contributed by atoms with Crippen LogP contribution in [0.5, 0.6) is 5.75 Å². The summed E-state index contributed by atoms with van der Waals surface area (Å²) in [5.41, 5.74) is 12.0. The van der Waals surface area contributed by atoms with E-state index in [0.717, 1.165) is 17.9 Å². The van der Waals surface area contributed by atoms with E-state index in [1.807, 2.05) is 43.0 Å². The molecule has 0 amide bonds. The van der Waals surface area contributed by atoms with E-state index in [1.165, 1.54) is 0 Å². The molecule has 116 valence electrons. The molecule has 21 heavy (non-hydrogen) atoms. The van der Waals surface area contributed by atoms with Crippen molar-refractivity contribution in [1.29, 1.82) is 0 Å². The van der Waals surface area contributed by atoms with Crippen LogP contribution in [0.1, 0.15) is 27.2 Å². The molecule has 0 saturated carbocycles. The smallest absolute Gasteiger partial charge is 0.220 e. The number of halogens is 1. The Labute approximate surface area is 131 Å². The number of guanidine groups is 2. The zero-order valence-electron chi connectivity index (χ0n) is 12.5. The molecule has 0 radical (unpaired) electrons. The maximum absolute atomic E-state index is 5.98. The molecule has 0 unspecified atom stereocenters. The van der Waals surface area contributed by atoms with Crippen LogP contribution in [0, 0.1) is 0 Å². The minimum absolute atomic E-state index is 0. The van der Waals surface area contributed by atoms with E-state index >= 15 is 0 Å². The van der Waals surface area contributed by atoms with Crippen LogP contribution >= 0.6 is 12.4 Å². The number of aliphatic imine (C=N–C) groups is 2. The Morgan fingerprint density at radius 3 is 2.33 bits per heavy atom. The fraction of sp³-hybridized carbons (Fsp3) is 0.429. The third-order valence-electron chi connectivity index (χ3n) is 2.96. The Morgan fingerprint density at radius 2 is 1.81 bits per heavy atom. The van der Waals surface area contributed by atoms with E-state index in [4.69, 9.17) is 16.2 Å². The van der Waals surface area contributed by atoms with Gasteiger partial charge in [-0.05, 0) is 44.5 Å². The molecule has 1 heterocycles. The SMILES string of the molecule is CCCOc1ccc(N2C(N)=NC(N)=NC2(C)C)cc1.Cl. The monoisotopic (exact) mass is 311 g/mol. The van der Waals surface area contributed by atoms with Crippen LogP contribution in [0.2, 0.25) is 0 Å². The minimum Gasteiger partial charge on any atom is -0.494 e. The average molecular weight is 312 g/mol. The molecule has 0 aliphatic carbocycles. The van der Waals surface area contributed by atoms with Crippen molar-refractivity contribution in [3.05, 3.63) is 24.3 Å². The topological polar surface area (TPSA) is 89.2 Å². The van der Waals surface area contributed by atoms with Gasteiger partial charge in [0, 0.05) is 5.69 Å². The fourth-order valence-electron chi connectivity index (χ4n) is 2.16. The molecule has 0 saturated heterocycles. The lowest BCUT2D eigenvalue weighted by atomic mass is 10.1. The Bertz CT molecular complexity index is 539. The van der Waals surface area contributed by atoms with E-state index in [2.05, 4.69) is 16.9 Å². The first-order valence-corrected chi connectivity index (χ1v) is 6.66. The van der Waals surface area contributed by atoms with Crippen molar-refractivity contribution in [2.24, 2.45) is 21.5 Å². The van der Waals surface area contributed by atoms with Gasteiger partial charge in [-0.1, -0.05) is 6.92 Å². The Kier molecular flexibility index (Phi) is 5.43. The van der Waals surface area contributed by atoms with E-state index in [0.29, 0.717) is 12.6 Å². The van der Waals surface area contributed by atoms with Crippen LogP contribution in [0.3, 0.4) is 0 Å². The summed E-state index contributed by atoms with van der Waals surface area (Å²) in [5.74, 6) is 1.38. The van der Waals surface area contributed by atoms with Crippen LogP contribution in [0.25, 0.3) is 0 Å². The van der Waals surface area contributed by atoms with Gasteiger partial charge in [-0.15, -0.1) is 12.4 Å². The maximum atomic E-state index is 5.98. The van der Waals surface area contributed by atoms with Crippen molar-refractivity contribution in [3.63, 3.8) is 0 Å². The molecule has 1 aliphatic rings. The zero-order chi connectivity index (χ0) is 14.8. The van der Waals surface area contributed by atoms with Crippen LogP contribution in [-0.4, -0.2) is 24.2 Å². The van der Waals surface area contributed by atoms with Gasteiger partial charge in [0.15, 0.2) is 0 Å². The number of benzene rings is 1. The molecule has 1 aromatic carbocycles. The van der Waals surface area contributed by atoms with E-state index in [9.17, 15) is 0 Å². The van der Waals surface area contributed by atoms with Crippen LogP contribution in [0.15, 0.2) is 34.3 Å². The summed E-state index contributed by atoms with van der Waals surface area (Å²) < 4.78 is 5.57. The van der Waals surface area contributed by atoms with Crippen molar-refractivity contribution in [3.8, 4) is 5.75 Å². The number of rotatable bonds is 4. The Balaban J connectivity index is 0.00000220. The summed E-state index contributed by atoms with van der Waals surface area (Å²) in [7, 11) is 0. The Morgan fingerprint density at radius 1 is 1.19 bits per heavy atom. The van der Waals surface area contributed by atoms with Gasteiger partial charge >= 0.3 is 0 Å². The molecule has 0 aromatic heterocycles. The van der Waals surface area contributed by atoms with Crippen LogP contribution in [0.4, 0.5) is 5.69 Å². The number of nitrogens with two attached hydrogens (primary N) is 2. The second kappa shape index (κ2) is 6.67. The molecule has 6 nitrogen and oxygen atoms in total. The molecule has 4 N–H and O–H groups in total. The molecule has 0 fully saturated rings. The number of ether oxygens (including phenoxy) is 1. The van der Waals surface area contributed by atoms with Crippen molar-refractivity contribution >= 4 is 30.0 Å². The highest BCUT2D eigenvalue weighted by molar-refractivity contribution is 6.05. The lowest BCUT2D eigenvalue weighted by Gasteiger charge is -2.38. The Hall–Kier alpha value is -1.95. The van der Waals surface area contributed by atoms with Gasteiger partial charge in [0.2, 0.25) is 11.9 Å². The first-order valence-electron chi connectivity index (χ1n) is 6.66. The van der Waals surface area contributed by atoms with Gasteiger partial charge < -0.3 is 16.2 Å². The van der Waals surface area contributed by atoms with Crippen LogP contribution in [-0.2, 0) is 0 Å². The highest BCUT2D eigenvalue weighted by Gasteiger charge is 2.32. The predicted molar refractivity (Wildman–Crippen MR) is 89.3 cm³/mol. The van der Waals surface area contributed by atoms with Gasteiger partial charge in [-0.25, -0.2) is 4.99 Å². The zero-order valence-corrected chi connectivity index (χ0v) is 13.4. The van der Waals surface area contributed by atoms with Crippen molar-refractivity contribution < 1.29 is 4.74 Å². The molecule has 7 heteroatoms. The lowest BCUT2D eigenvalue weighted by molar-refractivity contribution is 0.317. The fourth-order valence-corrected chi connectivity index (χ4v) is 2.16. The van der Waals surface area contributed by atoms with E-state index in [-0.39, 0.29) is 18.4 Å². The molecule has 0 bridgehead atoms. The largest absolute Gasteiger partial charge is 0.494 e. The third-order valence-corrected chi connectivity index (χ3v) is 2.96. The van der Waals surface area contributed by atoms with Gasteiger partial charge in [0.25, 0.3) is 0 Å². The summed E-state index contributed by atoms with van der Waals surface area (Å²) in [5, 5.41) is 0. The standard InChI is InChI=1S/C14H21N5O.ClH/c1-4-9-20-11-7-5-10(6-8-11)19-13(16)17-12(15)18-14(19,2)3;/h5-8H,4,9H2,1-3H3,(H4,15,16,17,18);1H. The summed E-state index contributed by atoms with van der Waals surface area (Å²) in [4.78, 5) is 10.2. The summed E-state index contributed by atoms with van der Waals surface area (Å²) in [6.07, 6.45) is 0.981. The number of hydrogen-bond donors (Lipinski definition) is 2. The highest BCUT2D eigenvalue weighted by atomic mass is 35.5. The first kappa shape index (κ1) is 17.1. The van der Waals surface area contributed by atoms with Gasteiger partial charge in [0.05, 0.1) is 6.61 Å². The molecular formula is C14H22ClN5O. The molecule has 1 aliphatic heterocycles. The number of nitrogens with zero attached hydrogens (tertiary/aromatic N) is 3. The maximum Gasteiger partial charge on any atom is 0.220 e. The number of hydrogen-bond acceptors (Lipinski definition) is 6. The molecule has 2 rings (SSSR count). The van der Waals surface area contributed by atoms with Crippen molar-refractivity contribution in [2.45, 2.75) is 32.9 Å². The first-order chi connectivity index (χ1) is 9.44. The molecule has 0 atom stereocenters. The van der Waals surface area contributed by atoms with Gasteiger partial charge in [-0.2, -0.15) is 4.99 Å². The van der Waals surface area contributed by atoms with E-state index < -0.39 is 5.66 Å². The van der Waals surface area contributed by atoms with Crippen molar-refractivity contribution in [1.82, 2.24) is 0 Å². The quantitative estimate of drug-likeness (QED) is 0.891. The average Bonchev–Trinajstić information content (AvgIpc) is 2.35. The molecule has 1 aromatic rings. The second-order valence-electron chi connectivity index (χ2n) is 5.11. The highest BCUT2D eigenvalue weighted by Crippen LogP contribution is 2.28. The van der Waals surface area contributed by atoms with Gasteiger partial charge in [0.1, 0.15) is 11.4 Å². The van der Waals surface area contributed by atoms with E-state index in [1.54, 1.807) is 0 Å².